The van der Waals surface area contributed by atoms with Crippen molar-refractivity contribution in [3.8, 4) is 0 Å². The van der Waals surface area contributed by atoms with Crippen LogP contribution >= 0.6 is 0 Å². The fourth-order valence-corrected chi connectivity index (χ4v) is 2.15. The maximum Gasteiger partial charge on any atom is 1.00 e. The van der Waals surface area contributed by atoms with Crippen LogP contribution in [0.3, 0.4) is 0 Å². The zero-order valence-corrected chi connectivity index (χ0v) is 16.5. The molecular formula is C16H30NNaO4. The second-order valence-corrected chi connectivity index (χ2v) is 5.41. The third kappa shape index (κ3) is 14.8. The zero-order valence-electron chi connectivity index (χ0n) is 14.5. The average molecular weight is 323 g/mol. The first-order chi connectivity index (χ1) is 10.1. The molecule has 1 atom stereocenters. The maximum absolute atomic E-state index is 11.6. The van der Waals surface area contributed by atoms with Gasteiger partial charge in [-0.2, -0.15) is 0 Å². The summed E-state index contributed by atoms with van der Waals surface area (Å²) in [7, 11) is 1.40. The molecule has 0 spiro atoms. The van der Waals surface area contributed by atoms with Gasteiger partial charge in [0.2, 0.25) is 0 Å². The molecule has 1 unspecified atom stereocenters. The number of carbonyl (C=O) groups is 1. The van der Waals surface area contributed by atoms with E-state index >= 15 is 0 Å². The quantitative estimate of drug-likeness (QED) is 0.207. The molecule has 0 bridgehead atoms. The fourth-order valence-electron chi connectivity index (χ4n) is 2.15. The number of rotatable bonds is 14. The zero-order chi connectivity index (χ0) is 15.9. The number of aliphatic imine (C=N–C) groups is 1. The molecule has 0 rings (SSSR count). The van der Waals surface area contributed by atoms with Gasteiger partial charge in [0.05, 0.1) is 6.61 Å². The molecule has 22 heavy (non-hydrogen) atoms. The van der Waals surface area contributed by atoms with Crippen molar-refractivity contribution in [3.05, 3.63) is 0 Å². The molecule has 0 amide bonds. The van der Waals surface area contributed by atoms with Gasteiger partial charge in [0.1, 0.15) is 0 Å². The van der Waals surface area contributed by atoms with Crippen molar-refractivity contribution < 1.29 is 49.3 Å². The van der Waals surface area contributed by atoms with Crippen LogP contribution in [0.2, 0.25) is 0 Å². The van der Waals surface area contributed by atoms with E-state index in [4.69, 9.17) is 9.84 Å². The van der Waals surface area contributed by atoms with Gasteiger partial charge in [-0.05, 0) is 18.7 Å². The van der Waals surface area contributed by atoms with E-state index in [0.29, 0.717) is 6.42 Å². The van der Waals surface area contributed by atoms with E-state index in [1.54, 1.807) is 0 Å². The number of aliphatic carboxylic acids is 1. The van der Waals surface area contributed by atoms with Crippen LogP contribution in [0.15, 0.2) is 4.99 Å². The molecule has 6 heteroatoms. The maximum atomic E-state index is 11.6. The van der Waals surface area contributed by atoms with Gasteiger partial charge in [-0.25, -0.2) is 4.79 Å². The minimum Gasteiger partial charge on any atom is -0.862 e. The first-order valence-electron chi connectivity index (χ1n) is 8.07. The minimum absolute atomic E-state index is 0. The summed E-state index contributed by atoms with van der Waals surface area (Å²) < 4.78 is 4.74. The van der Waals surface area contributed by atoms with Crippen molar-refractivity contribution in [1.29, 1.82) is 0 Å². The van der Waals surface area contributed by atoms with E-state index in [0.717, 1.165) is 19.3 Å². The molecule has 5 nitrogen and oxygen atoms in total. The SMILES string of the molecule is CCCCCCCCCCCC([O-])=NC(COC)C(=O)O.[Na+]. The Bertz CT molecular complexity index is 298. The van der Waals surface area contributed by atoms with Crippen LogP contribution in [0, 0.1) is 0 Å². The van der Waals surface area contributed by atoms with E-state index in [9.17, 15) is 9.90 Å². The minimum atomic E-state index is -1.11. The van der Waals surface area contributed by atoms with Gasteiger partial charge in [-0.3, -0.25) is 4.99 Å². The molecule has 0 aromatic carbocycles. The van der Waals surface area contributed by atoms with Crippen molar-refractivity contribution in [2.24, 2.45) is 4.99 Å². The van der Waals surface area contributed by atoms with Gasteiger partial charge in [0, 0.05) is 7.11 Å². The first-order valence-corrected chi connectivity index (χ1v) is 8.07. The summed E-state index contributed by atoms with van der Waals surface area (Å²) in [4.78, 5) is 14.5. The van der Waals surface area contributed by atoms with Crippen LogP contribution in [0.5, 0.6) is 0 Å². The molecule has 0 saturated heterocycles. The second-order valence-electron chi connectivity index (χ2n) is 5.41. The van der Waals surface area contributed by atoms with Crippen LogP contribution in [0.4, 0.5) is 0 Å². The number of carboxylic acid groups (broad SMARTS) is 1. The van der Waals surface area contributed by atoms with Crippen LogP contribution in [-0.2, 0) is 9.53 Å². The number of nitrogens with zero attached hydrogens (tertiary/aromatic N) is 1. The summed E-state index contributed by atoms with van der Waals surface area (Å²) in [6.07, 6.45) is 11.0. The Hall–Kier alpha value is -0.100. The van der Waals surface area contributed by atoms with Crippen LogP contribution in [0.25, 0.3) is 0 Å². The van der Waals surface area contributed by atoms with Crippen LogP contribution in [0.1, 0.15) is 71.1 Å². The van der Waals surface area contributed by atoms with Crippen molar-refractivity contribution in [2.75, 3.05) is 13.7 Å². The Morgan fingerprint density at radius 1 is 1.09 bits per heavy atom. The van der Waals surface area contributed by atoms with Gasteiger partial charge in [-0.15, -0.1) is 0 Å². The summed E-state index contributed by atoms with van der Waals surface area (Å²) in [6.45, 7) is 2.16. The number of ether oxygens (including phenoxy) is 1. The topological polar surface area (TPSA) is 82.0 Å². The number of hydrogen-bond acceptors (Lipinski definition) is 4. The van der Waals surface area contributed by atoms with Gasteiger partial charge in [-0.1, -0.05) is 58.3 Å². The van der Waals surface area contributed by atoms with Crippen LogP contribution in [-0.4, -0.2) is 36.7 Å². The van der Waals surface area contributed by atoms with E-state index in [1.165, 1.54) is 45.6 Å². The van der Waals surface area contributed by atoms with E-state index in [2.05, 4.69) is 11.9 Å². The first kappa shape index (κ1) is 24.2. The predicted octanol–water partition coefficient (Wildman–Crippen LogP) is -0.230. The Labute approximate surface area is 156 Å². The fraction of sp³-hybridized carbons (Fsp3) is 0.875. The van der Waals surface area contributed by atoms with Gasteiger partial charge < -0.3 is 14.9 Å². The molecular weight excluding hydrogens is 293 g/mol. The Morgan fingerprint density at radius 2 is 1.59 bits per heavy atom. The molecule has 0 fully saturated rings. The van der Waals surface area contributed by atoms with E-state index < -0.39 is 12.0 Å². The number of unbranched alkanes of at least 4 members (excludes halogenated alkanes) is 8. The molecule has 1 N–H and O–H groups in total. The van der Waals surface area contributed by atoms with Gasteiger partial charge in [0.15, 0.2) is 6.04 Å². The molecule has 0 aliphatic heterocycles. The third-order valence-corrected chi connectivity index (χ3v) is 3.40. The summed E-state index contributed by atoms with van der Waals surface area (Å²) in [5, 5.41) is 20.4. The molecule has 0 saturated carbocycles. The summed E-state index contributed by atoms with van der Waals surface area (Å²) in [5.74, 6) is -1.44. The summed E-state index contributed by atoms with van der Waals surface area (Å²) in [6, 6.07) is -1.07. The number of methoxy groups -OCH3 is 1. The van der Waals surface area contributed by atoms with Gasteiger partial charge in [0.25, 0.3) is 0 Å². The second kappa shape index (κ2) is 17.3. The van der Waals surface area contributed by atoms with Gasteiger partial charge >= 0.3 is 35.5 Å². The smallest absolute Gasteiger partial charge is 0.862 e. The largest absolute Gasteiger partial charge is 1.00 e. The average Bonchev–Trinajstić information content (AvgIpc) is 2.45. The van der Waals surface area contributed by atoms with Crippen molar-refractivity contribution in [3.63, 3.8) is 0 Å². The molecule has 124 valence electrons. The molecule has 0 aromatic heterocycles. The normalized spacial score (nSPS) is 12.7. The predicted molar refractivity (Wildman–Crippen MR) is 82.6 cm³/mol. The molecule has 0 heterocycles. The summed E-state index contributed by atoms with van der Waals surface area (Å²) >= 11 is 0. The summed E-state index contributed by atoms with van der Waals surface area (Å²) in [5.41, 5.74) is 0. The van der Waals surface area contributed by atoms with Crippen LogP contribution < -0.4 is 34.7 Å². The van der Waals surface area contributed by atoms with Crippen molar-refractivity contribution in [1.82, 2.24) is 0 Å². The number of carboxylic acids is 1. The van der Waals surface area contributed by atoms with Crippen molar-refractivity contribution >= 4 is 11.9 Å². The van der Waals surface area contributed by atoms with E-state index in [1.807, 2.05) is 0 Å². The van der Waals surface area contributed by atoms with Crippen molar-refractivity contribution in [2.45, 2.75) is 77.2 Å². The Morgan fingerprint density at radius 3 is 2.05 bits per heavy atom. The molecule has 0 aromatic rings. The molecule has 0 radical (unpaired) electrons. The molecule has 0 aliphatic carbocycles. The Balaban J connectivity index is 0. The standard InChI is InChI=1S/C16H31NO4.Na/c1-3-4-5-6-7-8-9-10-11-12-15(18)17-14(13-21-2)16(19)20;/h14H,3-13H2,1-2H3,(H,17,18)(H,19,20);/q;+1/p-1. The molecule has 0 aliphatic rings. The third-order valence-electron chi connectivity index (χ3n) is 3.40. The number of hydrogen-bond donors (Lipinski definition) is 1. The Kier molecular flexibility index (Phi) is 18.9. The van der Waals surface area contributed by atoms with E-state index in [-0.39, 0.29) is 42.1 Å². The monoisotopic (exact) mass is 323 g/mol.